The fraction of sp³-hybridized carbons (Fsp3) is 0.227. The Labute approximate surface area is 171 Å². The van der Waals surface area contributed by atoms with E-state index in [2.05, 4.69) is 32.3 Å². The quantitative estimate of drug-likeness (QED) is 0.334. The first-order valence-electron chi connectivity index (χ1n) is 9.58. The topological polar surface area (TPSA) is 76.4 Å². The summed E-state index contributed by atoms with van der Waals surface area (Å²) in [4.78, 5) is 8.65. The second kappa shape index (κ2) is 10.7. The number of nitrogens with one attached hydrogen (secondary N) is 2. The van der Waals surface area contributed by atoms with Crippen molar-refractivity contribution < 1.29 is 4.74 Å². The van der Waals surface area contributed by atoms with E-state index in [1.54, 1.807) is 17.1 Å². The monoisotopic (exact) mass is 390 g/mol. The zero-order valence-corrected chi connectivity index (χ0v) is 16.6. The lowest BCUT2D eigenvalue weighted by atomic mass is 10.2. The summed E-state index contributed by atoms with van der Waals surface area (Å²) in [5, 5.41) is 10.8. The molecule has 29 heavy (non-hydrogen) atoms. The highest BCUT2D eigenvalue weighted by molar-refractivity contribution is 5.79. The van der Waals surface area contributed by atoms with Crippen LogP contribution >= 0.6 is 0 Å². The molecule has 0 radical (unpaired) electrons. The van der Waals surface area contributed by atoms with Crippen LogP contribution in [0.5, 0.6) is 5.75 Å². The molecule has 0 amide bonds. The van der Waals surface area contributed by atoms with Gasteiger partial charge in [-0.2, -0.15) is 5.10 Å². The summed E-state index contributed by atoms with van der Waals surface area (Å²) in [5.41, 5.74) is 3.15. The number of nitrogens with zero attached hydrogens (tertiary/aromatic N) is 4. The van der Waals surface area contributed by atoms with Gasteiger partial charge in [0.05, 0.1) is 12.2 Å². The van der Waals surface area contributed by atoms with Crippen LogP contribution in [0, 0.1) is 0 Å². The zero-order valence-electron chi connectivity index (χ0n) is 16.6. The van der Waals surface area contributed by atoms with Crippen LogP contribution in [-0.2, 0) is 13.1 Å². The number of rotatable bonds is 9. The molecule has 0 saturated carbocycles. The summed E-state index contributed by atoms with van der Waals surface area (Å²) in [6.45, 7) is 8.20. The molecule has 0 atom stereocenters. The normalized spacial score (nSPS) is 11.1. The molecule has 3 rings (SSSR count). The smallest absolute Gasteiger partial charge is 0.191 e. The van der Waals surface area contributed by atoms with Gasteiger partial charge < -0.3 is 15.4 Å². The molecule has 7 nitrogen and oxygen atoms in total. The van der Waals surface area contributed by atoms with Gasteiger partial charge in [0.15, 0.2) is 5.96 Å². The molecule has 0 aliphatic rings. The van der Waals surface area contributed by atoms with Crippen LogP contribution in [-0.4, -0.2) is 33.9 Å². The summed E-state index contributed by atoms with van der Waals surface area (Å²) < 4.78 is 7.45. The molecular formula is C22H26N6O. The van der Waals surface area contributed by atoms with E-state index in [1.165, 1.54) is 6.33 Å². The molecule has 1 heterocycles. The number of aliphatic imine (C=N–C) groups is 1. The van der Waals surface area contributed by atoms with Crippen molar-refractivity contribution in [3.05, 3.63) is 85.0 Å². The standard InChI is InChI=1S/C22H26N6O/c1-3-13-29-21-8-6-5-7-19(21)15-26-22(24-4-2)25-14-18-9-11-20(12-10-18)28-17-23-16-27-28/h3,5-12,16-17H,1,4,13-15H2,2H3,(H2,24,25,26). The molecule has 0 saturated heterocycles. The van der Waals surface area contributed by atoms with Crippen molar-refractivity contribution in [1.29, 1.82) is 0 Å². The number of guanidine groups is 1. The number of hydrogen-bond donors (Lipinski definition) is 2. The van der Waals surface area contributed by atoms with E-state index >= 15 is 0 Å². The number of para-hydroxylation sites is 1. The predicted octanol–water partition coefficient (Wildman–Crippen LogP) is 3.09. The van der Waals surface area contributed by atoms with E-state index in [4.69, 9.17) is 4.74 Å². The largest absolute Gasteiger partial charge is 0.489 e. The molecule has 2 aromatic carbocycles. The summed E-state index contributed by atoms with van der Waals surface area (Å²) in [6.07, 6.45) is 4.94. The third-order valence-electron chi connectivity index (χ3n) is 4.16. The third kappa shape index (κ3) is 5.93. The van der Waals surface area contributed by atoms with Gasteiger partial charge in [-0.3, -0.25) is 0 Å². The minimum Gasteiger partial charge on any atom is -0.489 e. The van der Waals surface area contributed by atoms with Gasteiger partial charge in [-0.15, -0.1) is 0 Å². The van der Waals surface area contributed by atoms with Gasteiger partial charge in [0.25, 0.3) is 0 Å². The van der Waals surface area contributed by atoms with Gasteiger partial charge in [0.1, 0.15) is 25.0 Å². The van der Waals surface area contributed by atoms with E-state index in [1.807, 2.05) is 55.5 Å². The fourth-order valence-corrected chi connectivity index (χ4v) is 2.73. The van der Waals surface area contributed by atoms with Crippen LogP contribution in [0.4, 0.5) is 0 Å². The van der Waals surface area contributed by atoms with Crippen molar-refractivity contribution in [3.63, 3.8) is 0 Å². The Hall–Kier alpha value is -3.61. The lowest BCUT2D eigenvalue weighted by molar-refractivity contribution is 0.358. The lowest BCUT2D eigenvalue weighted by Gasteiger charge is -2.14. The fourth-order valence-electron chi connectivity index (χ4n) is 2.73. The molecular weight excluding hydrogens is 364 g/mol. The Morgan fingerprint density at radius 3 is 2.72 bits per heavy atom. The van der Waals surface area contributed by atoms with Crippen molar-refractivity contribution in [2.24, 2.45) is 4.99 Å². The average molecular weight is 390 g/mol. The Morgan fingerprint density at radius 1 is 1.17 bits per heavy atom. The second-order valence-electron chi connectivity index (χ2n) is 6.26. The van der Waals surface area contributed by atoms with Gasteiger partial charge >= 0.3 is 0 Å². The van der Waals surface area contributed by atoms with Crippen molar-refractivity contribution in [1.82, 2.24) is 25.4 Å². The molecule has 0 aliphatic heterocycles. The van der Waals surface area contributed by atoms with Gasteiger partial charge in [0.2, 0.25) is 0 Å². The third-order valence-corrected chi connectivity index (χ3v) is 4.16. The van der Waals surface area contributed by atoms with Crippen LogP contribution in [0.1, 0.15) is 18.1 Å². The van der Waals surface area contributed by atoms with E-state index in [-0.39, 0.29) is 0 Å². The second-order valence-corrected chi connectivity index (χ2v) is 6.26. The molecule has 1 aromatic heterocycles. The van der Waals surface area contributed by atoms with E-state index in [0.717, 1.165) is 35.1 Å². The zero-order chi connectivity index (χ0) is 20.3. The first-order chi connectivity index (χ1) is 14.3. The molecule has 0 bridgehead atoms. The Bertz CT molecular complexity index is 919. The summed E-state index contributed by atoms with van der Waals surface area (Å²) in [7, 11) is 0. The molecule has 0 unspecified atom stereocenters. The first kappa shape index (κ1) is 20.1. The van der Waals surface area contributed by atoms with Crippen LogP contribution < -0.4 is 15.4 Å². The van der Waals surface area contributed by atoms with E-state index in [0.29, 0.717) is 19.7 Å². The number of benzene rings is 2. The molecule has 7 heteroatoms. The molecule has 2 N–H and O–H groups in total. The maximum absolute atomic E-state index is 5.72. The highest BCUT2D eigenvalue weighted by atomic mass is 16.5. The van der Waals surface area contributed by atoms with E-state index < -0.39 is 0 Å². The minimum absolute atomic E-state index is 0.482. The SMILES string of the molecule is C=CCOc1ccccc1CNC(=NCc1ccc(-n2cncn2)cc1)NCC. The van der Waals surface area contributed by atoms with Crippen LogP contribution in [0.2, 0.25) is 0 Å². The van der Waals surface area contributed by atoms with Crippen LogP contribution in [0.15, 0.2) is 78.8 Å². The maximum atomic E-state index is 5.72. The van der Waals surface area contributed by atoms with Gasteiger partial charge in [0, 0.05) is 18.7 Å². The van der Waals surface area contributed by atoms with Crippen LogP contribution in [0.3, 0.4) is 0 Å². The predicted molar refractivity (Wildman–Crippen MR) is 115 cm³/mol. The summed E-state index contributed by atoms with van der Waals surface area (Å²) in [5.74, 6) is 1.60. The van der Waals surface area contributed by atoms with Crippen molar-refractivity contribution >= 4 is 5.96 Å². The van der Waals surface area contributed by atoms with Crippen molar-refractivity contribution in [3.8, 4) is 11.4 Å². The van der Waals surface area contributed by atoms with Gasteiger partial charge in [-0.1, -0.05) is 43.0 Å². The number of ether oxygens (including phenoxy) is 1. The molecule has 0 fully saturated rings. The summed E-state index contributed by atoms with van der Waals surface area (Å²) >= 11 is 0. The lowest BCUT2D eigenvalue weighted by Crippen LogP contribution is -2.36. The highest BCUT2D eigenvalue weighted by Crippen LogP contribution is 2.17. The van der Waals surface area contributed by atoms with Crippen LogP contribution in [0.25, 0.3) is 5.69 Å². The van der Waals surface area contributed by atoms with E-state index in [9.17, 15) is 0 Å². The van der Waals surface area contributed by atoms with Crippen molar-refractivity contribution in [2.45, 2.75) is 20.0 Å². The molecule has 3 aromatic rings. The van der Waals surface area contributed by atoms with Gasteiger partial charge in [-0.05, 0) is 30.7 Å². The minimum atomic E-state index is 0.482. The molecule has 150 valence electrons. The molecule has 0 spiro atoms. The Morgan fingerprint density at radius 2 is 2.00 bits per heavy atom. The van der Waals surface area contributed by atoms with Gasteiger partial charge in [-0.25, -0.2) is 14.7 Å². The molecule has 0 aliphatic carbocycles. The average Bonchev–Trinajstić information content (AvgIpc) is 3.30. The Kier molecular flexibility index (Phi) is 7.40. The summed E-state index contributed by atoms with van der Waals surface area (Å²) in [6, 6.07) is 16.1. The number of hydrogen-bond acceptors (Lipinski definition) is 4. The Balaban J connectivity index is 1.62. The van der Waals surface area contributed by atoms with Crippen molar-refractivity contribution in [2.75, 3.05) is 13.2 Å². The maximum Gasteiger partial charge on any atom is 0.191 e. The number of aromatic nitrogens is 3. The highest BCUT2D eigenvalue weighted by Gasteiger charge is 2.04. The first-order valence-corrected chi connectivity index (χ1v) is 9.58.